The van der Waals surface area contributed by atoms with Gasteiger partial charge in [-0.1, -0.05) is 129 Å². The van der Waals surface area contributed by atoms with E-state index in [4.69, 9.17) is 0 Å². The van der Waals surface area contributed by atoms with Crippen molar-refractivity contribution in [3.63, 3.8) is 0 Å². The van der Waals surface area contributed by atoms with Gasteiger partial charge in [0.2, 0.25) is 0 Å². The van der Waals surface area contributed by atoms with Crippen molar-refractivity contribution in [2.45, 2.75) is 142 Å². The molecule has 0 nitrogen and oxygen atoms in total. The number of unbranched alkanes of at least 4 members (excludes halogenated alkanes) is 18. The molecule has 2 heteroatoms. The first-order valence-electron chi connectivity index (χ1n) is 12.1. The molecule has 0 aliphatic heterocycles. The van der Waals surface area contributed by atoms with E-state index in [0.29, 0.717) is 0 Å². The van der Waals surface area contributed by atoms with E-state index in [0.717, 1.165) is 5.92 Å². The topological polar surface area (TPSA) is 0 Å². The Morgan fingerprint density at radius 2 is 0.654 bits per heavy atom. The molecule has 0 aromatic heterocycles. The molecular weight excluding hydrogens is 399 g/mol. The van der Waals surface area contributed by atoms with Crippen molar-refractivity contribution < 1.29 is 17.0 Å². The summed E-state index contributed by atoms with van der Waals surface area (Å²) in [6.07, 6.45) is 31.0. The van der Waals surface area contributed by atoms with Gasteiger partial charge in [-0.2, -0.15) is 0 Å². The summed E-state index contributed by atoms with van der Waals surface area (Å²) >= 11 is 0. The van der Waals surface area contributed by atoms with Gasteiger partial charge in [-0.05, 0) is 28.0 Å². The van der Waals surface area contributed by atoms with Gasteiger partial charge in [0.1, 0.15) is 0 Å². The molecule has 0 saturated heterocycles. The third-order valence-electron chi connectivity index (χ3n) is 5.53. The SMILES string of the molecule is CC(C)CCCCCCCCCCCCCCCCCCCCC[PH3+].[Br-]. The molecule has 0 aromatic carbocycles. The van der Waals surface area contributed by atoms with E-state index in [1.165, 1.54) is 135 Å². The molecule has 0 spiro atoms. The third kappa shape index (κ3) is 27.1. The fourth-order valence-corrected chi connectivity index (χ4v) is 4.09. The molecule has 0 aliphatic carbocycles. The molecule has 0 radical (unpaired) electrons. The maximum absolute atomic E-state index is 2.34. The van der Waals surface area contributed by atoms with E-state index >= 15 is 0 Å². The van der Waals surface area contributed by atoms with Crippen molar-refractivity contribution in [1.82, 2.24) is 0 Å². The molecule has 0 heterocycles. The molecule has 1 atom stereocenters. The Morgan fingerprint density at radius 3 is 0.885 bits per heavy atom. The summed E-state index contributed by atoms with van der Waals surface area (Å²) in [5.41, 5.74) is 0. The maximum atomic E-state index is 2.34. The highest BCUT2D eigenvalue weighted by Crippen LogP contribution is 2.15. The summed E-state index contributed by atoms with van der Waals surface area (Å²) in [4.78, 5) is 0. The van der Waals surface area contributed by atoms with Crippen LogP contribution in [0.2, 0.25) is 0 Å². The van der Waals surface area contributed by atoms with Crippen LogP contribution >= 0.6 is 9.24 Å². The van der Waals surface area contributed by atoms with Crippen LogP contribution in [0.1, 0.15) is 142 Å². The summed E-state index contributed by atoms with van der Waals surface area (Å²) in [6.45, 7) is 4.69. The zero-order chi connectivity index (χ0) is 18.4. The molecule has 0 N–H and O–H groups in total. The van der Waals surface area contributed by atoms with Crippen LogP contribution in [0.4, 0.5) is 0 Å². The number of rotatable bonds is 21. The Morgan fingerprint density at radius 1 is 0.423 bits per heavy atom. The van der Waals surface area contributed by atoms with Gasteiger partial charge in [0.15, 0.2) is 0 Å². The van der Waals surface area contributed by atoms with Gasteiger partial charge in [0.25, 0.3) is 0 Å². The zero-order valence-electron chi connectivity index (χ0n) is 18.5. The van der Waals surface area contributed by atoms with Gasteiger partial charge in [0, 0.05) is 0 Å². The fourth-order valence-electron chi connectivity index (χ4n) is 3.73. The Labute approximate surface area is 180 Å². The minimum absolute atomic E-state index is 0. The number of hydrogen-bond acceptors (Lipinski definition) is 0. The van der Waals surface area contributed by atoms with Gasteiger partial charge in [-0.15, -0.1) is 0 Å². The average molecular weight is 452 g/mol. The highest BCUT2D eigenvalue weighted by Gasteiger charge is 1.96. The second-order valence-electron chi connectivity index (χ2n) is 8.75. The minimum Gasteiger partial charge on any atom is -1.00 e. The van der Waals surface area contributed by atoms with Crippen molar-refractivity contribution in [2.75, 3.05) is 6.16 Å². The molecule has 0 amide bonds. The van der Waals surface area contributed by atoms with Crippen molar-refractivity contribution in [2.24, 2.45) is 5.92 Å². The molecule has 0 aromatic rings. The Bertz CT molecular complexity index is 230. The molecule has 0 aliphatic rings. The molecule has 0 rings (SSSR count). The van der Waals surface area contributed by atoms with Crippen LogP contribution in [0, 0.1) is 5.92 Å². The summed E-state index contributed by atoms with van der Waals surface area (Å²) in [5.74, 6) is 0.899. The second kappa shape index (κ2) is 25.9. The number of halogens is 1. The second-order valence-corrected chi connectivity index (χ2v) is 9.46. The molecule has 1 unspecified atom stereocenters. The third-order valence-corrected chi connectivity index (χ3v) is 6.03. The normalized spacial score (nSPS) is 11.2. The smallest absolute Gasteiger partial charge is 0.0526 e. The van der Waals surface area contributed by atoms with Crippen LogP contribution in [0.25, 0.3) is 0 Å². The largest absolute Gasteiger partial charge is 1.00 e. The molecular formula is C24H52BrP. The zero-order valence-corrected chi connectivity index (χ0v) is 21.5. The molecule has 0 bridgehead atoms. The van der Waals surface area contributed by atoms with E-state index in [9.17, 15) is 0 Å². The lowest BCUT2D eigenvalue weighted by Gasteiger charge is -2.05. The Kier molecular flexibility index (Phi) is 29.0. The summed E-state index contributed by atoms with van der Waals surface area (Å²) in [6, 6.07) is 0. The number of hydrogen-bond donors (Lipinski definition) is 0. The van der Waals surface area contributed by atoms with E-state index in [-0.39, 0.29) is 17.0 Å². The van der Waals surface area contributed by atoms with Crippen LogP contribution in [0.5, 0.6) is 0 Å². The van der Waals surface area contributed by atoms with Gasteiger partial charge in [0.05, 0.1) is 6.16 Å². The lowest BCUT2D eigenvalue weighted by Crippen LogP contribution is -3.00. The average Bonchev–Trinajstić information content (AvgIpc) is 2.60. The van der Waals surface area contributed by atoms with Crippen LogP contribution in [0.3, 0.4) is 0 Å². The van der Waals surface area contributed by atoms with Crippen LogP contribution in [0.15, 0.2) is 0 Å². The molecule has 0 saturated carbocycles. The van der Waals surface area contributed by atoms with E-state index in [1.807, 2.05) is 0 Å². The van der Waals surface area contributed by atoms with Crippen LogP contribution < -0.4 is 17.0 Å². The van der Waals surface area contributed by atoms with Crippen molar-refractivity contribution in [1.29, 1.82) is 0 Å². The molecule has 26 heavy (non-hydrogen) atoms. The highest BCUT2D eigenvalue weighted by molar-refractivity contribution is 7.16. The van der Waals surface area contributed by atoms with Gasteiger partial charge in [-0.25, -0.2) is 0 Å². The first kappa shape index (κ1) is 29.1. The van der Waals surface area contributed by atoms with Crippen molar-refractivity contribution in [3.8, 4) is 0 Å². The predicted molar refractivity (Wildman–Crippen MR) is 123 cm³/mol. The van der Waals surface area contributed by atoms with Crippen molar-refractivity contribution in [3.05, 3.63) is 0 Å². The van der Waals surface area contributed by atoms with Gasteiger partial charge < -0.3 is 17.0 Å². The summed E-state index contributed by atoms with van der Waals surface area (Å²) in [7, 11) is 2.12. The van der Waals surface area contributed by atoms with Gasteiger partial charge >= 0.3 is 0 Å². The van der Waals surface area contributed by atoms with E-state index in [2.05, 4.69) is 23.1 Å². The maximum Gasteiger partial charge on any atom is 0.0526 e. The first-order valence-corrected chi connectivity index (χ1v) is 13.1. The van der Waals surface area contributed by atoms with Crippen molar-refractivity contribution >= 4 is 9.24 Å². The molecule has 160 valence electrons. The van der Waals surface area contributed by atoms with Gasteiger partial charge in [-0.3, -0.25) is 0 Å². The lowest BCUT2D eigenvalue weighted by molar-refractivity contribution is -0.00000565. The van der Waals surface area contributed by atoms with Crippen LogP contribution in [-0.2, 0) is 0 Å². The first-order chi connectivity index (χ1) is 12.3. The molecule has 0 fully saturated rings. The quantitative estimate of drug-likeness (QED) is 0.147. The monoisotopic (exact) mass is 450 g/mol. The fraction of sp³-hybridized carbons (Fsp3) is 1.00. The van der Waals surface area contributed by atoms with E-state index in [1.54, 1.807) is 0 Å². The summed E-state index contributed by atoms with van der Waals surface area (Å²) < 4.78 is 0. The summed E-state index contributed by atoms with van der Waals surface area (Å²) in [5, 5.41) is 0. The lowest BCUT2D eigenvalue weighted by atomic mass is 10.0. The standard InChI is InChI=1S/C24H51P.BrH/c1-24(2)22-20-18-16-14-12-10-8-6-4-3-5-7-9-11-13-15-17-19-21-23-25;/h24H,3-23,25H2,1-2H3;1H. The van der Waals surface area contributed by atoms with Crippen LogP contribution in [-0.4, -0.2) is 6.16 Å². The Hall–Kier alpha value is 0.910. The minimum atomic E-state index is 0. The Balaban J connectivity index is 0. The predicted octanol–water partition coefficient (Wildman–Crippen LogP) is 6.06. The highest BCUT2D eigenvalue weighted by atomic mass is 79.9. The van der Waals surface area contributed by atoms with E-state index < -0.39 is 0 Å².